The molecule has 0 aliphatic carbocycles. The van der Waals surface area contributed by atoms with Crippen LogP contribution in [-0.4, -0.2) is 25.7 Å². The van der Waals surface area contributed by atoms with Gasteiger partial charge in [-0.3, -0.25) is 0 Å². The van der Waals surface area contributed by atoms with Crippen molar-refractivity contribution in [1.82, 2.24) is 10.6 Å². The zero-order valence-electron chi connectivity index (χ0n) is 12.0. The maximum absolute atomic E-state index is 5.70. The van der Waals surface area contributed by atoms with Crippen molar-refractivity contribution in [2.24, 2.45) is 0 Å². The Morgan fingerprint density at radius 3 is 2.24 bits per heavy atom. The Bertz CT molecular complexity index is 353. The molecule has 2 N–H and O–H groups in total. The average Bonchev–Trinajstić information content (AvgIpc) is 2.65. The number of nitrogens with one attached hydrogen (secondary N) is 2. The summed E-state index contributed by atoms with van der Waals surface area (Å²) in [6, 6.07) is 4.09. The number of likely N-dealkylation sites (N-methyl/N-ethyl adjacent to an activating group) is 1. The van der Waals surface area contributed by atoms with Gasteiger partial charge in [-0.15, -0.1) is 0 Å². The van der Waals surface area contributed by atoms with Crippen molar-refractivity contribution >= 4 is 0 Å². The first-order valence-electron chi connectivity index (χ1n) is 6.23. The van der Waals surface area contributed by atoms with Crippen LogP contribution in [0.15, 0.2) is 16.5 Å². The minimum Gasteiger partial charge on any atom is -0.466 e. The van der Waals surface area contributed by atoms with E-state index in [1.165, 1.54) is 0 Å². The Labute approximate surface area is 105 Å². The first-order chi connectivity index (χ1) is 7.77. The molecule has 0 fully saturated rings. The van der Waals surface area contributed by atoms with Gasteiger partial charge in [0.25, 0.3) is 0 Å². The predicted octanol–water partition coefficient (Wildman–Crippen LogP) is 2.45. The molecule has 0 aromatic carbocycles. The highest BCUT2D eigenvalue weighted by Crippen LogP contribution is 2.24. The topological polar surface area (TPSA) is 37.2 Å². The fourth-order valence-electron chi connectivity index (χ4n) is 1.66. The molecule has 1 aromatic heterocycles. The Balaban J connectivity index is 2.51. The van der Waals surface area contributed by atoms with Crippen LogP contribution in [0.3, 0.4) is 0 Å². The lowest BCUT2D eigenvalue weighted by atomic mass is 9.90. The van der Waals surface area contributed by atoms with Gasteiger partial charge in [0.15, 0.2) is 0 Å². The monoisotopic (exact) mass is 238 g/mol. The quantitative estimate of drug-likeness (QED) is 0.799. The van der Waals surface area contributed by atoms with Gasteiger partial charge in [0.2, 0.25) is 0 Å². The summed E-state index contributed by atoms with van der Waals surface area (Å²) in [6.45, 7) is 12.6. The van der Waals surface area contributed by atoms with E-state index in [-0.39, 0.29) is 11.0 Å². The van der Waals surface area contributed by atoms with Gasteiger partial charge >= 0.3 is 0 Å². The molecule has 3 nitrogen and oxygen atoms in total. The van der Waals surface area contributed by atoms with Crippen molar-refractivity contribution < 1.29 is 4.42 Å². The van der Waals surface area contributed by atoms with Crippen molar-refractivity contribution in [2.75, 3.05) is 20.1 Å². The summed E-state index contributed by atoms with van der Waals surface area (Å²) in [4.78, 5) is 0. The number of furan rings is 1. The fourth-order valence-corrected chi connectivity index (χ4v) is 1.66. The maximum Gasteiger partial charge on any atom is 0.111 e. The highest BCUT2D eigenvalue weighted by atomic mass is 16.3. The molecular formula is C14H26N2O. The zero-order valence-corrected chi connectivity index (χ0v) is 12.0. The number of hydrogen-bond acceptors (Lipinski definition) is 3. The van der Waals surface area contributed by atoms with Crippen LogP contribution in [0.25, 0.3) is 0 Å². The van der Waals surface area contributed by atoms with Crippen molar-refractivity contribution in [3.8, 4) is 0 Å². The van der Waals surface area contributed by atoms with Gasteiger partial charge in [-0.2, -0.15) is 0 Å². The highest BCUT2D eigenvalue weighted by molar-refractivity contribution is 5.15. The van der Waals surface area contributed by atoms with Gasteiger partial charge in [0, 0.05) is 24.0 Å². The number of rotatable bonds is 6. The van der Waals surface area contributed by atoms with Crippen molar-refractivity contribution in [2.45, 2.75) is 45.6 Å². The molecule has 0 aliphatic heterocycles. The lowest BCUT2D eigenvalue weighted by Gasteiger charge is -2.28. The minimum absolute atomic E-state index is 0.0259. The second kappa shape index (κ2) is 5.23. The molecule has 17 heavy (non-hydrogen) atoms. The molecule has 0 radical (unpaired) electrons. The Morgan fingerprint density at radius 1 is 1.12 bits per heavy atom. The van der Waals surface area contributed by atoms with Crippen LogP contribution in [0.5, 0.6) is 0 Å². The number of hydrogen-bond donors (Lipinski definition) is 2. The molecule has 0 unspecified atom stereocenters. The molecule has 0 aliphatic rings. The normalized spacial score (nSPS) is 13.1. The van der Waals surface area contributed by atoms with E-state index >= 15 is 0 Å². The largest absolute Gasteiger partial charge is 0.466 e. The third kappa shape index (κ3) is 4.17. The molecule has 1 aromatic rings. The van der Waals surface area contributed by atoms with Crippen LogP contribution in [-0.2, 0) is 5.41 Å². The summed E-state index contributed by atoms with van der Waals surface area (Å²) < 4.78 is 5.70. The zero-order chi connectivity index (χ0) is 13.1. The number of aryl methyl sites for hydroxylation is 1. The fraction of sp³-hybridized carbons (Fsp3) is 0.714. The van der Waals surface area contributed by atoms with E-state index in [4.69, 9.17) is 4.42 Å². The van der Waals surface area contributed by atoms with E-state index in [0.717, 1.165) is 24.6 Å². The van der Waals surface area contributed by atoms with Gasteiger partial charge < -0.3 is 15.1 Å². The summed E-state index contributed by atoms with van der Waals surface area (Å²) >= 11 is 0. The molecule has 0 atom stereocenters. The third-order valence-electron chi connectivity index (χ3n) is 3.22. The standard InChI is InChI=1S/C14H26N2O/c1-11-7-8-12(17-11)13(2,3)9-16-10-14(4,5)15-6/h7-8,15-16H,9-10H2,1-6H3. The predicted molar refractivity (Wildman–Crippen MR) is 72.5 cm³/mol. The average molecular weight is 238 g/mol. The maximum atomic E-state index is 5.70. The molecule has 0 saturated carbocycles. The van der Waals surface area contributed by atoms with E-state index in [1.807, 2.05) is 20.0 Å². The minimum atomic E-state index is 0.0259. The van der Waals surface area contributed by atoms with Crippen LogP contribution in [0.2, 0.25) is 0 Å². The molecule has 1 rings (SSSR count). The van der Waals surface area contributed by atoms with Crippen molar-refractivity contribution in [1.29, 1.82) is 0 Å². The summed E-state index contributed by atoms with van der Waals surface area (Å²) in [5, 5.41) is 6.79. The smallest absolute Gasteiger partial charge is 0.111 e. The van der Waals surface area contributed by atoms with E-state index in [1.54, 1.807) is 0 Å². The summed E-state index contributed by atoms with van der Waals surface area (Å²) in [5.74, 6) is 2.02. The molecular weight excluding hydrogens is 212 g/mol. The van der Waals surface area contributed by atoms with Crippen LogP contribution in [0, 0.1) is 6.92 Å². The molecule has 0 bridgehead atoms. The molecule has 0 saturated heterocycles. The highest BCUT2D eigenvalue weighted by Gasteiger charge is 2.25. The van der Waals surface area contributed by atoms with Gasteiger partial charge in [-0.1, -0.05) is 13.8 Å². The summed E-state index contributed by atoms with van der Waals surface area (Å²) in [5.41, 5.74) is 0.146. The molecule has 0 spiro atoms. The molecule has 98 valence electrons. The van der Waals surface area contributed by atoms with Gasteiger partial charge in [0.1, 0.15) is 11.5 Å². The Kier molecular flexibility index (Phi) is 4.39. The van der Waals surface area contributed by atoms with Crippen LogP contribution in [0.1, 0.15) is 39.2 Å². The summed E-state index contributed by atoms with van der Waals surface area (Å²) in [7, 11) is 1.99. The third-order valence-corrected chi connectivity index (χ3v) is 3.22. The lowest BCUT2D eigenvalue weighted by Crippen LogP contribution is -2.48. The van der Waals surface area contributed by atoms with Crippen LogP contribution in [0.4, 0.5) is 0 Å². The van der Waals surface area contributed by atoms with Gasteiger partial charge in [0.05, 0.1) is 0 Å². The van der Waals surface area contributed by atoms with E-state index in [0.29, 0.717) is 0 Å². The second-order valence-corrected chi connectivity index (χ2v) is 6.03. The Hall–Kier alpha value is -0.800. The summed E-state index contributed by atoms with van der Waals surface area (Å²) in [6.07, 6.45) is 0. The first kappa shape index (κ1) is 14.3. The van der Waals surface area contributed by atoms with Crippen molar-refractivity contribution in [3.05, 3.63) is 23.7 Å². The van der Waals surface area contributed by atoms with E-state index in [2.05, 4.69) is 44.4 Å². The molecule has 1 heterocycles. The van der Waals surface area contributed by atoms with E-state index < -0.39 is 0 Å². The molecule has 0 amide bonds. The van der Waals surface area contributed by atoms with Crippen LogP contribution < -0.4 is 10.6 Å². The Morgan fingerprint density at radius 2 is 1.76 bits per heavy atom. The van der Waals surface area contributed by atoms with Gasteiger partial charge in [-0.25, -0.2) is 0 Å². The lowest BCUT2D eigenvalue weighted by molar-refractivity contribution is 0.329. The van der Waals surface area contributed by atoms with E-state index in [9.17, 15) is 0 Å². The second-order valence-electron chi connectivity index (χ2n) is 6.03. The molecule has 3 heteroatoms. The van der Waals surface area contributed by atoms with Crippen molar-refractivity contribution in [3.63, 3.8) is 0 Å². The first-order valence-corrected chi connectivity index (χ1v) is 6.23. The van der Waals surface area contributed by atoms with Gasteiger partial charge in [-0.05, 0) is 40.0 Å². The SMILES string of the molecule is CNC(C)(C)CNCC(C)(C)c1ccc(C)o1. The van der Waals surface area contributed by atoms with Crippen LogP contribution >= 0.6 is 0 Å².